The van der Waals surface area contributed by atoms with Gasteiger partial charge in [-0.25, -0.2) is 9.59 Å². The Morgan fingerprint density at radius 2 is 2.10 bits per heavy atom. The van der Waals surface area contributed by atoms with Crippen molar-refractivity contribution in [1.82, 2.24) is 10.1 Å². The van der Waals surface area contributed by atoms with Crippen molar-refractivity contribution >= 4 is 5.97 Å². The molecule has 112 valence electrons. The van der Waals surface area contributed by atoms with E-state index in [1.807, 2.05) is 13.8 Å². The van der Waals surface area contributed by atoms with Crippen molar-refractivity contribution in [3.05, 3.63) is 45.1 Å². The highest BCUT2D eigenvalue weighted by molar-refractivity contribution is 5.91. The molecule has 2 aromatic rings. The maximum absolute atomic E-state index is 12.0. The van der Waals surface area contributed by atoms with Crippen LogP contribution in [0, 0.1) is 13.8 Å². The topological polar surface area (TPSA) is 95.4 Å². The van der Waals surface area contributed by atoms with Gasteiger partial charge in [0.2, 0.25) is 0 Å². The first-order chi connectivity index (χ1) is 9.88. The lowest BCUT2D eigenvalue weighted by atomic mass is 10.1. The van der Waals surface area contributed by atoms with E-state index < -0.39 is 11.6 Å². The molecule has 0 amide bonds. The SMILES string of the molecule is Cc1cc(=O)oc(C)c1C(=O)OCc1nc(C(C)C)no1. The van der Waals surface area contributed by atoms with E-state index in [1.165, 1.54) is 13.0 Å². The minimum absolute atomic E-state index is 0.128. The molecule has 0 atom stereocenters. The first-order valence-electron chi connectivity index (χ1n) is 6.49. The summed E-state index contributed by atoms with van der Waals surface area (Å²) in [6, 6.07) is 1.24. The average molecular weight is 292 g/mol. The fourth-order valence-electron chi connectivity index (χ4n) is 1.82. The molecule has 0 aliphatic rings. The van der Waals surface area contributed by atoms with Crippen LogP contribution in [0.4, 0.5) is 0 Å². The normalized spacial score (nSPS) is 10.9. The third-order valence-electron chi connectivity index (χ3n) is 2.87. The molecule has 0 radical (unpaired) electrons. The number of hydrogen-bond acceptors (Lipinski definition) is 7. The summed E-state index contributed by atoms with van der Waals surface area (Å²) in [6.45, 7) is 6.91. The van der Waals surface area contributed by atoms with E-state index >= 15 is 0 Å². The van der Waals surface area contributed by atoms with Crippen LogP contribution in [0.3, 0.4) is 0 Å². The van der Waals surface area contributed by atoms with Crippen molar-refractivity contribution in [2.45, 2.75) is 40.2 Å². The van der Waals surface area contributed by atoms with E-state index in [4.69, 9.17) is 13.7 Å². The Bertz CT molecular complexity index is 688. The highest BCUT2D eigenvalue weighted by Crippen LogP contribution is 2.14. The molecule has 0 unspecified atom stereocenters. The van der Waals surface area contributed by atoms with Gasteiger partial charge < -0.3 is 13.7 Å². The lowest BCUT2D eigenvalue weighted by Crippen LogP contribution is -2.13. The van der Waals surface area contributed by atoms with Gasteiger partial charge in [0.15, 0.2) is 12.4 Å². The first kappa shape index (κ1) is 15.0. The van der Waals surface area contributed by atoms with Crippen molar-refractivity contribution in [1.29, 1.82) is 0 Å². The van der Waals surface area contributed by atoms with Gasteiger partial charge in [-0.2, -0.15) is 4.98 Å². The molecule has 0 bridgehead atoms. The van der Waals surface area contributed by atoms with Crippen molar-refractivity contribution in [3.63, 3.8) is 0 Å². The number of carbonyl (C=O) groups is 1. The Balaban J connectivity index is 2.10. The number of carbonyl (C=O) groups excluding carboxylic acids is 1. The number of aromatic nitrogens is 2. The van der Waals surface area contributed by atoms with Crippen LogP contribution < -0.4 is 5.63 Å². The van der Waals surface area contributed by atoms with Crippen LogP contribution in [-0.4, -0.2) is 16.1 Å². The zero-order valence-corrected chi connectivity index (χ0v) is 12.3. The van der Waals surface area contributed by atoms with Gasteiger partial charge in [-0.15, -0.1) is 0 Å². The quantitative estimate of drug-likeness (QED) is 0.796. The molecular weight excluding hydrogens is 276 g/mol. The highest BCUT2D eigenvalue weighted by Gasteiger charge is 2.18. The molecule has 0 aliphatic heterocycles. The number of ether oxygens (including phenoxy) is 1. The van der Waals surface area contributed by atoms with Crippen LogP contribution in [0.15, 0.2) is 19.8 Å². The molecule has 0 saturated heterocycles. The number of esters is 1. The lowest BCUT2D eigenvalue weighted by Gasteiger charge is -2.06. The van der Waals surface area contributed by atoms with Crippen LogP contribution in [0.1, 0.15) is 53.2 Å². The summed E-state index contributed by atoms with van der Waals surface area (Å²) in [4.78, 5) is 27.3. The number of hydrogen-bond donors (Lipinski definition) is 0. The van der Waals surface area contributed by atoms with Crippen LogP contribution in [0.2, 0.25) is 0 Å². The summed E-state index contributed by atoms with van der Waals surface area (Å²) in [6.07, 6.45) is 0. The monoisotopic (exact) mass is 292 g/mol. The minimum atomic E-state index is -0.599. The summed E-state index contributed by atoms with van der Waals surface area (Å²) in [5, 5.41) is 3.78. The van der Waals surface area contributed by atoms with Crippen molar-refractivity contribution < 1.29 is 18.5 Å². The van der Waals surface area contributed by atoms with Crippen molar-refractivity contribution in [2.75, 3.05) is 0 Å². The maximum Gasteiger partial charge on any atom is 0.342 e. The molecule has 2 rings (SSSR count). The van der Waals surface area contributed by atoms with Crippen LogP contribution >= 0.6 is 0 Å². The summed E-state index contributed by atoms with van der Waals surface area (Å²) in [5.74, 6) is 0.529. The third kappa shape index (κ3) is 3.36. The Kier molecular flexibility index (Phi) is 4.21. The lowest BCUT2D eigenvalue weighted by molar-refractivity contribution is 0.0424. The second-order valence-corrected chi connectivity index (χ2v) is 4.96. The zero-order chi connectivity index (χ0) is 15.6. The Hall–Kier alpha value is -2.44. The number of nitrogens with zero attached hydrogens (tertiary/aromatic N) is 2. The average Bonchev–Trinajstić information content (AvgIpc) is 2.84. The minimum Gasteiger partial charge on any atom is -0.452 e. The van der Waals surface area contributed by atoms with E-state index in [2.05, 4.69) is 10.1 Å². The predicted molar refractivity (Wildman–Crippen MR) is 72.0 cm³/mol. The van der Waals surface area contributed by atoms with Crippen molar-refractivity contribution in [2.24, 2.45) is 0 Å². The van der Waals surface area contributed by atoms with Gasteiger partial charge in [0.25, 0.3) is 5.89 Å². The molecule has 7 heteroatoms. The Morgan fingerprint density at radius 1 is 1.38 bits per heavy atom. The van der Waals surface area contributed by atoms with E-state index in [-0.39, 0.29) is 29.7 Å². The molecule has 0 saturated carbocycles. The molecule has 0 aliphatic carbocycles. The number of aryl methyl sites for hydroxylation is 2. The second-order valence-electron chi connectivity index (χ2n) is 4.96. The molecule has 0 N–H and O–H groups in total. The maximum atomic E-state index is 12.0. The highest BCUT2D eigenvalue weighted by atomic mass is 16.6. The Morgan fingerprint density at radius 3 is 2.67 bits per heavy atom. The summed E-state index contributed by atoms with van der Waals surface area (Å²) >= 11 is 0. The summed E-state index contributed by atoms with van der Waals surface area (Å²) < 4.78 is 15.0. The Labute approximate surface area is 120 Å². The van der Waals surface area contributed by atoms with Gasteiger partial charge in [-0.3, -0.25) is 0 Å². The van der Waals surface area contributed by atoms with Crippen LogP contribution in [0.5, 0.6) is 0 Å². The molecule has 0 fully saturated rings. The predicted octanol–water partition coefficient (Wildman–Crippen LogP) is 2.12. The smallest absolute Gasteiger partial charge is 0.342 e. The third-order valence-corrected chi connectivity index (χ3v) is 2.87. The molecule has 2 heterocycles. The van der Waals surface area contributed by atoms with E-state index in [0.717, 1.165) is 0 Å². The molecule has 7 nitrogen and oxygen atoms in total. The van der Waals surface area contributed by atoms with Gasteiger partial charge in [-0.1, -0.05) is 19.0 Å². The molecule has 0 aromatic carbocycles. The number of rotatable bonds is 4. The van der Waals surface area contributed by atoms with Crippen molar-refractivity contribution in [3.8, 4) is 0 Å². The van der Waals surface area contributed by atoms with Crippen LogP contribution in [0.25, 0.3) is 0 Å². The standard InChI is InChI=1S/C14H16N2O5/c1-7(2)13-15-10(21-16-13)6-19-14(18)12-8(3)5-11(17)20-9(12)4/h5,7H,6H2,1-4H3. The van der Waals surface area contributed by atoms with E-state index in [0.29, 0.717) is 11.4 Å². The molecule has 0 spiro atoms. The summed E-state index contributed by atoms with van der Waals surface area (Å²) in [7, 11) is 0. The van der Waals surface area contributed by atoms with Gasteiger partial charge in [0.1, 0.15) is 11.3 Å². The fraction of sp³-hybridized carbons (Fsp3) is 0.429. The first-order valence-corrected chi connectivity index (χ1v) is 6.49. The fourth-order valence-corrected chi connectivity index (χ4v) is 1.82. The van der Waals surface area contributed by atoms with Gasteiger partial charge in [0, 0.05) is 12.0 Å². The van der Waals surface area contributed by atoms with Gasteiger partial charge in [0.05, 0.1) is 0 Å². The second kappa shape index (κ2) is 5.90. The molecule has 21 heavy (non-hydrogen) atoms. The summed E-state index contributed by atoms with van der Waals surface area (Å²) in [5.41, 5.74) is 0.236. The van der Waals surface area contributed by atoms with Gasteiger partial charge in [-0.05, 0) is 19.4 Å². The zero-order valence-electron chi connectivity index (χ0n) is 12.3. The van der Waals surface area contributed by atoms with Crippen LogP contribution in [-0.2, 0) is 11.3 Å². The van der Waals surface area contributed by atoms with Gasteiger partial charge >= 0.3 is 11.6 Å². The van der Waals surface area contributed by atoms with E-state index in [9.17, 15) is 9.59 Å². The largest absolute Gasteiger partial charge is 0.452 e. The molecular formula is C14H16N2O5. The van der Waals surface area contributed by atoms with E-state index in [1.54, 1.807) is 6.92 Å². The molecule has 2 aromatic heterocycles.